The molecule has 0 N–H and O–H groups in total. The van der Waals surface area contributed by atoms with Crippen molar-refractivity contribution in [3.8, 4) is 0 Å². The number of hydrogen-bond donors (Lipinski definition) is 0. The molecule has 0 aromatic heterocycles. The maximum Gasteiger partial charge on any atom is 0.334 e. The Bertz CT molecular complexity index is 232. The van der Waals surface area contributed by atoms with Gasteiger partial charge in [-0.1, -0.05) is 0 Å². The van der Waals surface area contributed by atoms with Crippen LogP contribution >= 0.6 is 0 Å². The second-order valence-electron chi connectivity index (χ2n) is 3.09. The number of carbonyl (C=O) groups is 1. The van der Waals surface area contributed by atoms with Crippen LogP contribution < -0.4 is 0 Å². The lowest BCUT2D eigenvalue weighted by atomic mass is 10.3. The fourth-order valence-electron chi connectivity index (χ4n) is 1.20. The van der Waals surface area contributed by atoms with Crippen LogP contribution in [0.1, 0.15) is 12.8 Å². The van der Waals surface area contributed by atoms with Crippen molar-refractivity contribution in [3.63, 3.8) is 0 Å². The van der Waals surface area contributed by atoms with Crippen molar-refractivity contribution < 1.29 is 14.3 Å². The van der Waals surface area contributed by atoms with Crippen LogP contribution in [-0.4, -0.2) is 31.6 Å². The average molecular weight is 169 g/mol. The molecule has 0 aromatic rings. The van der Waals surface area contributed by atoms with Crippen LogP contribution in [0.25, 0.3) is 0 Å². The minimum Gasteiger partial charge on any atom is -0.478 e. The van der Waals surface area contributed by atoms with E-state index in [9.17, 15) is 4.79 Å². The van der Waals surface area contributed by atoms with Crippen LogP contribution in [0.4, 0.5) is 0 Å². The first kappa shape index (κ1) is 7.58. The van der Waals surface area contributed by atoms with Crippen molar-refractivity contribution in [1.29, 1.82) is 0 Å². The second-order valence-corrected chi connectivity index (χ2v) is 3.09. The molecular formula is C8H11NO3. The molecule has 0 radical (unpaired) electrons. The number of ether oxygens (including phenoxy) is 2. The van der Waals surface area contributed by atoms with Crippen molar-refractivity contribution >= 4 is 11.9 Å². The van der Waals surface area contributed by atoms with Gasteiger partial charge in [-0.25, -0.2) is 9.79 Å². The summed E-state index contributed by atoms with van der Waals surface area (Å²) < 4.78 is 9.82. The second kappa shape index (κ2) is 2.77. The van der Waals surface area contributed by atoms with Gasteiger partial charge in [0.25, 0.3) is 0 Å². The maximum absolute atomic E-state index is 11.0. The third-order valence-corrected chi connectivity index (χ3v) is 2.07. The van der Waals surface area contributed by atoms with Crippen molar-refractivity contribution in [2.24, 2.45) is 10.9 Å². The molecule has 12 heavy (non-hydrogen) atoms. The third-order valence-electron chi connectivity index (χ3n) is 2.07. The van der Waals surface area contributed by atoms with E-state index in [0.717, 1.165) is 18.7 Å². The Morgan fingerprint density at radius 1 is 1.67 bits per heavy atom. The van der Waals surface area contributed by atoms with Gasteiger partial charge in [-0.2, -0.15) is 0 Å². The van der Waals surface area contributed by atoms with Gasteiger partial charge >= 0.3 is 5.97 Å². The summed E-state index contributed by atoms with van der Waals surface area (Å²) in [6.45, 7) is 0.360. The van der Waals surface area contributed by atoms with Crippen molar-refractivity contribution in [1.82, 2.24) is 0 Å². The van der Waals surface area contributed by atoms with Gasteiger partial charge < -0.3 is 9.47 Å². The van der Waals surface area contributed by atoms with Crippen molar-refractivity contribution in [3.05, 3.63) is 0 Å². The van der Waals surface area contributed by atoms with Gasteiger partial charge in [0, 0.05) is 5.92 Å². The van der Waals surface area contributed by atoms with E-state index in [2.05, 4.69) is 9.73 Å². The first-order valence-electron chi connectivity index (χ1n) is 4.09. The van der Waals surface area contributed by atoms with Crippen LogP contribution in [-0.2, 0) is 14.3 Å². The summed E-state index contributed by atoms with van der Waals surface area (Å²) >= 11 is 0. The normalized spacial score (nSPS) is 27.8. The number of nitrogens with zero attached hydrogens (tertiary/aromatic N) is 1. The zero-order valence-electron chi connectivity index (χ0n) is 6.95. The standard InChI is InChI=1S/C8H11NO3/c1-11-8(10)6-4-12-7(9-6)5-2-3-5/h5-6H,2-4H2,1H3/t6-/m1/s1. The number of hydrogen-bond acceptors (Lipinski definition) is 4. The van der Waals surface area contributed by atoms with E-state index in [0.29, 0.717) is 12.5 Å². The smallest absolute Gasteiger partial charge is 0.334 e. The van der Waals surface area contributed by atoms with Gasteiger partial charge in [-0.05, 0) is 12.8 Å². The minimum atomic E-state index is -0.411. The molecule has 1 fully saturated rings. The predicted octanol–water partition coefficient (Wildman–Crippen LogP) is 0.367. The predicted molar refractivity (Wildman–Crippen MR) is 41.9 cm³/mol. The largest absolute Gasteiger partial charge is 0.478 e. The molecule has 1 atom stereocenters. The molecule has 4 nitrogen and oxygen atoms in total. The lowest BCUT2D eigenvalue weighted by molar-refractivity contribution is -0.142. The molecule has 1 aliphatic carbocycles. The van der Waals surface area contributed by atoms with E-state index in [1.165, 1.54) is 7.11 Å². The van der Waals surface area contributed by atoms with E-state index in [-0.39, 0.29) is 5.97 Å². The fraction of sp³-hybridized carbons (Fsp3) is 0.750. The molecule has 1 heterocycles. The summed E-state index contributed by atoms with van der Waals surface area (Å²) in [6, 6.07) is -0.411. The molecule has 1 aliphatic heterocycles. The molecule has 66 valence electrons. The summed E-state index contributed by atoms with van der Waals surface area (Å²) in [7, 11) is 1.37. The van der Waals surface area contributed by atoms with Gasteiger partial charge in [-0.15, -0.1) is 0 Å². The SMILES string of the molecule is COC(=O)[C@H]1COC(C2CC2)=N1. The molecule has 0 saturated heterocycles. The Balaban J connectivity index is 1.98. The molecule has 0 unspecified atom stereocenters. The van der Waals surface area contributed by atoms with Crippen molar-refractivity contribution in [2.45, 2.75) is 18.9 Å². The lowest BCUT2D eigenvalue weighted by Crippen LogP contribution is -2.21. The van der Waals surface area contributed by atoms with Gasteiger partial charge in [0.1, 0.15) is 6.61 Å². The molecule has 0 aromatic carbocycles. The van der Waals surface area contributed by atoms with Crippen LogP contribution in [0.5, 0.6) is 0 Å². The van der Waals surface area contributed by atoms with E-state index in [4.69, 9.17) is 4.74 Å². The Kier molecular flexibility index (Phi) is 1.75. The van der Waals surface area contributed by atoms with E-state index in [1.54, 1.807) is 0 Å². The van der Waals surface area contributed by atoms with Crippen molar-refractivity contribution in [2.75, 3.05) is 13.7 Å². The molecule has 0 spiro atoms. The Hall–Kier alpha value is -1.06. The van der Waals surface area contributed by atoms with Crippen LogP contribution in [0.15, 0.2) is 4.99 Å². The number of rotatable bonds is 2. The Labute approximate surface area is 70.6 Å². The molecule has 4 heteroatoms. The first-order valence-corrected chi connectivity index (χ1v) is 4.09. The number of aliphatic imine (C=N–C) groups is 1. The zero-order chi connectivity index (χ0) is 8.55. The summed E-state index contributed by atoms with van der Waals surface area (Å²) in [6.07, 6.45) is 2.29. The van der Waals surface area contributed by atoms with Crippen LogP contribution in [0.2, 0.25) is 0 Å². The van der Waals surface area contributed by atoms with Gasteiger partial charge in [0.15, 0.2) is 11.9 Å². The summed E-state index contributed by atoms with van der Waals surface area (Å²) in [5, 5.41) is 0. The van der Waals surface area contributed by atoms with Gasteiger partial charge in [-0.3, -0.25) is 0 Å². The third kappa shape index (κ3) is 1.29. The van der Waals surface area contributed by atoms with Crippen LogP contribution in [0.3, 0.4) is 0 Å². The Morgan fingerprint density at radius 2 is 2.42 bits per heavy atom. The zero-order valence-corrected chi connectivity index (χ0v) is 6.95. The Morgan fingerprint density at radius 3 is 3.00 bits per heavy atom. The summed E-state index contributed by atoms with van der Waals surface area (Å²) in [5.41, 5.74) is 0. The fourth-order valence-corrected chi connectivity index (χ4v) is 1.20. The number of carbonyl (C=O) groups excluding carboxylic acids is 1. The maximum atomic E-state index is 11.0. The first-order chi connectivity index (χ1) is 5.81. The minimum absolute atomic E-state index is 0.300. The molecular weight excluding hydrogens is 158 g/mol. The van der Waals surface area contributed by atoms with E-state index >= 15 is 0 Å². The molecule has 0 amide bonds. The lowest BCUT2D eigenvalue weighted by Gasteiger charge is -2.00. The van der Waals surface area contributed by atoms with E-state index < -0.39 is 6.04 Å². The quantitative estimate of drug-likeness (QED) is 0.561. The van der Waals surface area contributed by atoms with Gasteiger partial charge in [0.2, 0.25) is 0 Å². The summed E-state index contributed by atoms with van der Waals surface area (Å²) in [4.78, 5) is 15.1. The molecule has 1 saturated carbocycles. The highest BCUT2D eigenvalue weighted by atomic mass is 16.5. The molecule has 2 aliphatic rings. The molecule has 2 rings (SSSR count). The van der Waals surface area contributed by atoms with E-state index in [1.807, 2.05) is 0 Å². The molecule has 0 bridgehead atoms. The average Bonchev–Trinajstić information content (AvgIpc) is 2.83. The van der Waals surface area contributed by atoms with Crippen LogP contribution in [0, 0.1) is 5.92 Å². The highest BCUT2D eigenvalue weighted by Crippen LogP contribution is 2.33. The monoisotopic (exact) mass is 169 g/mol. The highest BCUT2D eigenvalue weighted by molar-refractivity contribution is 5.88. The van der Waals surface area contributed by atoms with Gasteiger partial charge in [0.05, 0.1) is 7.11 Å². The topological polar surface area (TPSA) is 47.9 Å². The number of methoxy groups -OCH3 is 1. The highest BCUT2D eigenvalue weighted by Gasteiger charge is 2.35. The summed E-state index contributed by atoms with van der Waals surface area (Å²) in [5.74, 6) is 0.940. The number of esters is 1.